The Hall–Kier alpha value is -2.66. The topological polar surface area (TPSA) is 114 Å². The molecule has 2 aliphatic rings. The monoisotopic (exact) mass is 372 g/mol. The molecule has 26 heavy (non-hydrogen) atoms. The number of ether oxygens (including phenoxy) is 2. The molecule has 0 radical (unpaired) electrons. The summed E-state index contributed by atoms with van der Waals surface area (Å²) in [6, 6.07) is 9.56. The van der Waals surface area contributed by atoms with Gasteiger partial charge in [0.25, 0.3) is 0 Å². The Kier molecular flexibility index (Phi) is 3.96. The fourth-order valence-corrected chi connectivity index (χ4v) is 4.32. The molecule has 2 saturated heterocycles. The van der Waals surface area contributed by atoms with E-state index in [1.807, 2.05) is 18.2 Å². The maximum Gasteiger partial charge on any atom is 0.217 e. The lowest BCUT2D eigenvalue weighted by molar-refractivity contribution is -0.280. The summed E-state index contributed by atoms with van der Waals surface area (Å²) in [5.74, 6) is -3.51. The average molecular weight is 373 g/mol. The Bertz CT molecular complexity index is 896. The molecule has 4 unspecified atom stereocenters. The van der Waals surface area contributed by atoms with Crippen LogP contribution in [0.1, 0.15) is 31.9 Å². The van der Waals surface area contributed by atoms with Crippen molar-refractivity contribution < 1.29 is 13.9 Å². The number of hydrogen-bond acceptors (Lipinski definition) is 6. The van der Waals surface area contributed by atoms with E-state index in [1.54, 1.807) is 13.8 Å². The fourth-order valence-electron chi connectivity index (χ4n) is 4.06. The number of benzene rings is 1. The quantitative estimate of drug-likeness (QED) is 0.846. The molecule has 4 atom stereocenters. The van der Waals surface area contributed by atoms with Gasteiger partial charge in [0.2, 0.25) is 17.1 Å². The zero-order chi connectivity index (χ0) is 19.3. The van der Waals surface area contributed by atoms with Crippen molar-refractivity contribution >= 4 is 17.5 Å². The van der Waals surface area contributed by atoms with Crippen LogP contribution in [0, 0.1) is 62.0 Å². The molecular weight excluding hydrogens is 359 g/mol. The van der Waals surface area contributed by atoms with E-state index in [9.17, 15) is 20.2 Å². The van der Waals surface area contributed by atoms with Gasteiger partial charge in [0.05, 0.1) is 24.1 Å². The molecule has 132 valence electrons. The second kappa shape index (κ2) is 5.68. The summed E-state index contributed by atoms with van der Waals surface area (Å²) in [5.41, 5.74) is -4.32. The third-order valence-electron chi connectivity index (χ3n) is 5.56. The van der Waals surface area contributed by atoms with Crippen LogP contribution in [0.2, 0.25) is 5.02 Å². The number of nitrogens with zero attached hydrogens (tertiary/aromatic N) is 3. The van der Waals surface area contributed by atoms with Crippen molar-refractivity contribution in [2.75, 3.05) is 0 Å². The van der Waals surface area contributed by atoms with E-state index in [0.29, 0.717) is 0 Å². The van der Waals surface area contributed by atoms with Crippen molar-refractivity contribution in [1.29, 1.82) is 21.2 Å². The Labute approximate surface area is 154 Å². The third kappa shape index (κ3) is 1.78. The molecule has 2 bridgehead atoms. The van der Waals surface area contributed by atoms with Crippen LogP contribution in [0.15, 0.2) is 18.2 Å². The van der Waals surface area contributed by atoms with E-state index >= 15 is 0 Å². The zero-order valence-corrected chi connectivity index (χ0v) is 14.8. The molecule has 3 rings (SSSR count). The minimum Gasteiger partial charge on any atom is -0.447 e. The summed E-state index contributed by atoms with van der Waals surface area (Å²) in [6.45, 7) is 3.32. The fraction of sp³-hybridized carbons (Fsp3) is 0.444. The van der Waals surface area contributed by atoms with Crippen molar-refractivity contribution in [3.8, 4) is 18.2 Å². The van der Waals surface area contributed by atoms with E-state index in [0.717, 1.165) is 6.07 Å². The normalized spacial score (nSPS) is 34.3. The highest BCUT2D eigenvalue weighted by Gasteiger charge is 2.79. The van der Waals surface area contributed by atoms with Crippen LogP contribution in [0.3, 0.4) is 0 Å². The standard InChI is InChI=1S/C18H14ClFN4O2/c1-3-18-10(2)17(9-23,15(24)26-18)16(7-21,8-22)14(25-18)13-11(19)5-4-6-12(13)20/h4-6,10,14,24H,3H2,1-2H3. The van der Waals surface area contributed by atoms with E-state index in [1.165, 1.54) is 12.1 Å². The second-order valence-corrected chi connectivity index (χ2v) is 6.81. The van der Waals surface area contributed by atoms with Crippen LogP contribution in [0.4, 0.5) is 4.39 Å². The van der Waals surface area contributed by atoms with Crippen LogP contribution >= 0.6 is 11.6 Å². The number of rotatable bonds is 2. The van der Waals surface area contributed by atoms with E-state index < -0.39 is 40.4 Å². The Balaban J connectivity index is 2.41. The van der Waals surface area contributed by atoms with Crippen molar-refractivity contribution in [2.45, 2.75) is 32.2 Å². The maximum absolute atomic E-state index is 14.6. The van der Waals surface area contributed by atoms with Crippen molar-refractivity contribution in [3.05, 3.63) is 34.6 Å². The SMILES string of the molecule is CCC12OC(=N)C(C#N)(C1C)C(C#N)(C#N)C(c1c(F)cccc1Cl)O2. The first-order chi connectivity index (χ1) is 12.3. The molecule has 2 fully saturated rings. The molecule has 2 heterocycles. The average Bonchev–Trinajstić information content (AvgIpc) is 2.79. The van der Waals surface area contributed by atoms with Crippen molar-refractivity contribution in [2.24, 2.45) is 16.7 Å². The van der Waals surface area contributed by atoms with E-state index in [2.05, 4.69) is 0 Å². The smallest absolute Gasteiger partial charge is 0.217 e. The van der Waals surface area contributed by atoms with Gasteiger partial charge in [0, 0.05) is 17.0 Å². The summed E-state index contributed by atoms with van der Waals surface area (Å²) < 4.78 is 26.2. The molecule has 2 aliphatic heterocycles. The predicted octanol–water partition coefficient (Wildman–Crippen LogP) is 3.84. The Morgan fingerprint density at radius 2 is 1.92 bits per heavy atom. The lowest BCUT2D eigenvalue weighted by Gasteiger charge is -2.48. The molecule has 1 aromatic rings. The van der Waals surface area contributed by atoms with Gasteiger partial charge in [0.15, 0.2) is 5.41 Å². The number of hydrogen-bond donors (Lipinski definition) is 1. The molecule has 0 aromatic heterocycles. The van der Waals surface area contributed by atoms with E-state index in [4.69, 9.17) is 26.5 Å². The maximum atomic E-state index is 14.6. The summed E-state index contributed by atoms with van der Waals surface area (Å²) in [4.78, 5) is 0. The number of fused-ring (bicyclic) bond motifs is 2. The molecule has 0 saturated carbocycles. The highest BCUT2D eigenvalue weighted by Crippen LogP contribution is 2.67. The van der Waals surface area contributed by atoms with Gasteiger partial charge in [-0.1, -0.05) is 31.5 Å². The van der Waals surface area contributed by atoms with E-state index in [-0.39, 0.29) is 17.0 Å². The van der Waals surface area contributed by atoms with Gasteiger partial charge in [-0.2, -0.15) is 15.8 Å². The molecule has 6 nitrogen and oxygen atoms in total. The van der Waals surface area contributed by atoms with Gasteiger partial charge in [-0.3, -0.25) is 5.41 Å². The van der Waals surface area contributed by atoms with Crippen LogP contribution < -0.4 is 0 Å². The molecule has 0 amide bonds. The highest BCUT2D eigenvalue weighted by molar-refractivity contribution is 6.31. The number of halogens is 2. The minimum absolute atomic E-state index is 0.0373. The summed E-state index contributed by atoms with van der Waals surface area (Å²) in [5, 5.41) is 38.1. The first-order valence-corrected chi connectivity index (χ1v) is 8.31. The van der Waals surface area contributed by atoms with Gasteiger partial charge in [-0.05, 0) is 12.1 Å². The predicted molar refractivity (Wildman–Crippen MR) is 87.9 cm³/mol. The first kappa shape index (κ1) is 18.1. The number of nitriles is 3. The van der Waals surface area contributed by atoms with Crippen molar-refractivity contribution in [1.82, 2.24) is 0 Å². The molecule has 0 aliphatic carbocycles. The Morgan fingerprint density at radius 3 is 2.42 bits per heavy atom. The molecular formula is C18H14ClFN4O2. The van der Waals surface area contributed by atoms with Crippen LogP contribution in [-0.2, 0) is 9.47 Å². The second-order valence-electron chi connectivity index (χ2n) is 6.40. The Morgan fingerprint density at radius 1 is 1.27 bits per heavy atom. The minimum atomic E-state index is -2.21. The first-order valence-electron chi connectivity index (χ1n) is 7.93. The van der Waals surface area contributed by atoms with Crippen LogP contribution in [0.5, 0.6) is 0 Å². The number of nitrogens with one attached hydrogen (secondary N) is 1. The third-order valence-corrected chi connectivity index (χ3v) is 5.89. The molecule has 8 heteroatoms. The largest absolute Gasteiger partial charge is 0.447 e. The van der Waals surface area contributed by atoms with Gasteiger partial charge in [-0.25, -0.2) is 4.39 Å². The summed E-state index contributed by atoms with van der Waals surface area (Å²) in [7, 11) is 0. The molecule has 1 aromatic carbocycles. The highest BCUT2D eigenvalue weighted by atomic mass is 35.5. The zero-order valence-electron chi connectivity index (χ0n) is 14.0. The molecule has 1 N–H and O–H groups in total. The van der Waals surface area contributed by atoms with Crippen LogP contribution in [0.25, 0.3) is 0 Å². The van der Waals surface area contributed by atoms with Gasteiger partial charge in [0.1, 0.15) is 11.9 Å². The lowest BCUT2D eigenvalue weighted by atomic mass is 9.53. The molecule has 0 spiro atoms. The van der Waals surface area contributed by atoms with Gasteiger partial charge < -0.3 is 9.47 Å². The van der Waals surface area contributed by atoms with Gasteiger partial charge >= 0.3 is 0 Å². The summed E-state index contributed by atoms with van der Waals surface area (Å²) in [6.07, 6.45) is -1.26. The van der Waals surface area contributed by atoms with Gasteiger partial charge in [-0.15, -0.1) is 0 Å². The van der Waals surface area contributed by atoms with Crippen LogP contribution in [-0.4, -0.2) is 11.7 Å². The van der Waals surface area contributed by atoms with Crippen molar-refractivity contribution in [3.63, 3.8) is 0 Å². The lowest BCUT2D eigenvalue weighted by Crippen LogP contribution is -2.58. The summed E-state index contributed by atoms with van der Waals surface area (Å²) >= 11 is 6.15.